The van der Waals surface area contributed by atoms with Crippen molar-refractivity contribution in [1.82, 2.24) is 0 Å². The molecule has 1 fully saturated rings. The Morgan fingerprint density at radius 2 is 1.88 bits per heavy atom. The minimum Gasteiger partial charge on any atom is -0.383 e. The Balaban J connectivity index is 2.72. The molecule has 3 nitrogen and oxygen atoms in total. The molecule has 0 bridgehead atoms. The molecule has 0 heterocycles. The zero-order valence-corrected chi connectivity index (χ0v) is 9.68. The third-order valence-electron chi connectivity index (χ3n) is 3.05. The maximum atomic E-state index is 12.3. The minimum absolute atomic E-state index is 0.0977. The topological polar surface area (TPSA) is 54.4 Å². The van der Waals surface area contributed by atoms with Crippen LogP contribution in [-0.2, 0) is 9.84 Å². The fourth-order valence-corrected chi connectivity index (χ4v) is 3.32. The summed E-state index contributed by atoms with van der Waals surface area (Å²) in [6, 6.07) is 0. The van der Waals surface area contributed by atoms with E-state index >= 15 is 0 Å². The lowest BCUT2D eigenvalue weighted by atomic mass is 9.84. The van der Waals surface area contributed by atoms with E-state index in [0.29, 0.717) is 12.8 Å². The predicted octanol–water partition coefficient (Wildman–Crippen LogP) is 1.51. The van der Waals surface area contributed by atoms with E-state index in [1.807, 2.05) is 0 Å². The lowest BCUT2D eigenvalue weighted by molar-refractivity contribution is -0.221. The van der Waals surface area contributed by atoms with E-state index in [1.165, 1.54) is 0 Å². The molecule has 0 spiro atoms. The summed E-state index contributed by atoms with van der Waals surface area (Å²) in [5.74, 6) is -0.992. The number of hydrogen-bond acceptors (Lipinski definition) is 3. The van der Waals surface area contributed by atoms with Gasteiger partial charge in [-0.2, -0.15) is 13.2 Å². The van der Waals surface area contributed by atoms with Gasteiger partial charge in [0.05, 0.1) is 5.25 Å². The van der Waals surface area contributed by atoms with Crippen molar-refractivity contribution in [2.75, 3.05) is 6.26 Å². The maximum Gasteiger partial charge on any atom is 0.414 e. The van der Waals surface area contributed by atoms with Crippen LogP contribution in [-0.4, -0.2) is 37.3 Å². The second-order valence-corrected chi connectivity index (χ2v) is 6.69. The monoisotopic (exact) mass is 260 g/mol. The Morgan fingerprint density at radius 1 is 1.31 bits per heavy atom. The summed E-state index contributed by atoms with van der Waals surface area (Å²) in [5.41, 5.74) is 0. The van der Waals surface area contributed by atoms with Crippen molar-refractivity contribution in [3.63, 3.8) is 0 Å². The third kappa shape index (κ3) is 3.35. The molecule has 16 heavy (non-hydrogen) atoms. The van der Waals surface area contributed by atoms with Gasteiger partial charge in [0.15, 0.2) is 6.10 Å². The highest BCUT2D eigenvalue weighted by atomic mass is 32.2. The first-order valence-electron chi connectivity index (χ1n) is 5.06. The van der Waals surface area contributed by atoms with Crippen LogP contribution in [0.4, 0.5) is 13.2 Å². The lowest BCUT2D eigenvalue weighted by Crippen LogP contribution is -2.40. The van der Waals surface area contributed by atoms with E-state index in [9.17, 15) is 21.6 Å². The number of alkyl halides is 3. The Labute approximate surface area is 92.6 Å². The number of hydrogen-bond donors (Lipinski definition) is 1. The molecule has 96 valence electrons. The molecule has 7 heteroatoms. The molecule has 0 radical (unpaired) electrons. The van der Waals surface area contributed by atoms with Gasteiger partial charge in [-0.15, -0.1) is 0 Å². The first kappa shape index (κ1) is 13.8. The Morgan fingerprint density at radius 3 is 2.31 bits per heavy atom. The first-order valence-corrected chi connectivity index (χ1v) is 7.01. The zero-order chi connectivity index (χ0) is 12.6. The summed E-state index contributed by atoms with van der Waals surface area (Å²) in [4.78, 5) is 0. The molecule has 0 saturated heterocycles. The highest BCUT2D eigenvalue weighted by molar-refractivity contribution is 7.91. The van der Waals surface area contributed by atoms with Crippen molar-refractivity contribution in [2.24, 2.45) is 5.92 Å². The van der Waals surface area contributed by atoms with Gasteiger partial charge in [0, 0.05) is 6.26 Å². The van der Waals surface area contributed by atoms with Gasteiger partial charge in [0.25, 0.3) is 0 Å². The molecule has 1 saturated carbocycles. The van der Waals surface area contributed by atoms with Gasteiger partial charge in [0.1, 0.15) is 9.84 Å². The van der Waals surface area contributed by atoms with Crippen LogP contribution in [0.5, 0.6) is 0 Å². The van der Waals surface area contributed by atoms with Crippen molar-refractivity contribution in [2.45, 2.75) is 43.2 Å². The number of sulfone groups is 1. The van der Waals surface area contributed by atoms with E-state index < -0.39 is 33.3 Å². The third-order valence-corrected chi connectivity index (χ3v) is 4.69. The van der Waals surface area contributed by atoms with Gasteiger partial charge in [-0.1, -0.05) is 6.42 Å². The second-order valence-electron chi connectivity index (χ2n) is 4.36. The summed E-state index contributed by atoms with van der Waals surface area (Å²) in [6.07, 6.45) is -5.11. The fraction of sp³-hybridized carbons (Fsp3) is 1.00. The van der Waals surface area contributed by atoms with Crippen LogP contribution in [0.3, 0.4) is 0 Å². The van der Waals surface area contributed by atoms with Crippen LogP contribution in [0, 0.1) is 5.92 Å². The molecule has 2 unspecified atom stereocenters. The molecule has 1 rings (SSSR count). The lowest BCUT2D eigenvalue weighted by Gasteiger charge is -2.32. The molecule has 0 aromatic rings. The first-order chi connectivity index (χ1) is 7.12. The van der Waals surface area contributed by atoms with Gasteiger partial charge in [-0.3, -0.25) is 0 Å². The van der Waals surface area contributed by atoms with E-state index in [0.717, 1.165) is 6.26 Å². The molecule has 0 amide bonds. The Hall–Kier alpha value is -0.300. The van der Waals surface area contributed by atoms with Crippen LogP contribution >= 0.6 is 0 Å². The summed E-state index contributed by atoms with van der Waals surface area (Å²) >= 11 is 0. The van der Waals surface area contributed by atoms with Crippen molar-refractivity contribution in [1.29, 1.82) is 0 Å². The van der Waals surface area contributed by atoms with E-state index in [-0.39, 0.29) is 12.8 Å². The fourth-order valence-electron chi connectivity index (χ4n) is 2.12. The summed E-state index contributed by atoms with van der Waals surface area (Å²) in [7, 11) is -3.32. The summed E-state index contributed by atoms with van der Waals surface area (Å²) in [6.45, 7) is 0. The summed E-state index contributed by atoms with van der Waals surface area (Å²) in [5, 5.41) is 8.33. The highest BCUT2D eigenvalue weighted by Crippen LogP contribution is 2.36. The van der Waals surface area contributed by atoms with E-state index in [4.69, 9.17) is 5.11 Å². The number of aliphatic hydroxyl groups excluding tert-OH is 1. The maximum absolute atomic E-state index is 12.3. The average Bonchev–Trinajstić information content (AvgIpc) is 2.14. The molecular weight excluding hydrogens is 245 g/mol. The highest BCUT2D eigenvalue weighted by Gasteiger charge is 2.45. The van der Waals surface area contributed by atoms with Crippen LogP contribution in [0.25, 0.3) is 0 Å². The molecule has 0 aromatic heterocycles. The van der Waals surface area contributed by atoms with Crippen LogP contribution in [0.15, 0.2) is 0 Å². The van der Waals surface area contributed by atoms with E-state index in [1.54, 1.807) is 0 Å². The Bertz CT molecular complexity index is 336. The molecule has 0 aromatic carbocycles. The quantitative estimate of drug-likeness (QED) is 0.819. The SMILES string of the molecule is CS(=O)(=O)C1CCCC([C@@H](O)C(F)(F)F)C1. The molecule has 1 aliphatic rings. The molecule has 0 aliphatic heterocycles. The van der Waals surface area contributed by atoms with Crippen molar-refractivity contribution in [3.05, 3.63) is 0 Å². The smallest absolute Gasteiger partial charge is 0.383 e. The second kappa shape index (κ2) is 4.52. The minimum atomic E-state index is -4.66. The predicted molar refractivity (Wildman–Crippen MR) is 52.7 cm³/mol. The molecule has 1 N–H and O–H groups in total. The van der Waals surface area contributed by atoms with Crippen molar-refractivity contribution >= 4 is 9.84 Å². The normalized spacial score (nSPS) is 30.1. The average molecular weight is 260 g/mol. The van der Waals surface area contributed by atoms with Gasteiger partial charge in [-0.25, -0.2) is 8.42 Å². The molecular formula is C9H15F3O3S. The van der Waals surface area contributed by atoms with Crippen LogP contribution in [0.2, 0.25) is 0 Å². The largest absolute Gasteiger partial charge is 0.414 e. The Kier molecular flexibility index (Phi) is 3.89. The van der Waals surface area contributed by atoms with Crippen molar-refractivity contribution < 1.29 is 26.7 Å². The van der Waals surface area contributed by atoms with Gasteiger partial charge in [0.2, 0.25) is 0 Å². The molecule has 1 aliphatic carbocycles. The van der Waals surface area contributed by atoms with Gasteiger partial charge < -0.3 is 5.11 Å². The zero-order valence-electron chi connectivity index (χ0n) is 8.87. The standard InChI is InChI=1S/C9H15F3O3S/c1-16(14,15)7-4-2-3-6(5-7)8(13)9(10,11)12/h6-8,13H,2-5H2,1H3/t6?,7?,8-/m1/s1. The number of halogens is 3. The van der Waals surface area contributed by atoms with Crippen LogP contribution < -0.4 is 0 Å². The number of aliphatic hydroxyl groups is 1. The summed E-state index contributed by atoms with van der Waals surface area (Å²) < 4.78 is 59.3. The molecule has 3 atom stereocenters. The van der Waals surface area contributed by atoms with Crippen molar-refractivity contribution in [3.8, 4) is 0 Å². The van der Waals surface area contributed by atoms with E-state index in [2.05, 4.69) is 0 Å². The van der Waals surface area contributed by atoms with Gasteiger partial charge >= 0.3 is 6.18 Å². The van der Waals surface area contributed by atoms with Crippen LogP contribution in [0.1, 0.15) is 25.7 Å². The number of rotatable bonds is 2. The van der Waals surface area contributed by atoms with Gasteiger partial charge in [-0.05, 0) is 25.2 Å².